The molecular weight excluding hydrogens is 248 g/mol. The van der Waals surface area contributed by atoms with Gasteiger partial charge in [-0.2, -0.15) is 0 Å². The van der Waals surface area contributed by atoms with E-state index in [1.54, 1.807) is 6.92 Å². The highest BCUT2D eigenvalue weighted by atomic mass is 16.7. The summed E-state index contributed by atoms with van der Waals surface area (Å²) in [6.07, 6.45) is 0. The van der Waals surface area contributed by atoms with Crippen LogP contribution in [0.3, 0.4) is 0 Å². The first-order valence-electron chi connectivity index (χ1n) is 5.97. The quantitative estimate of drug-likeness (QED) is 0.825. The molecule has 0 spiro atoms. The van der Waals surface area contributed by atoms with E-state index in [1.807, 2.05) is 18.2 Å². The molecular formula is C13H12N2O4. The van der Waals surface area contributed by atoms with E-state index in [9.17, 15) is 0 Å². The molecule has 1 unspecified atom stereocenters. The molecule has 1 fully saturated rings. The van der Waals surface area contributed by atoms with Crippen LogP contribution in [0.25, 0.3) is 0 Å². The zero-order valence-corrected chi connectivity index (χ0v) is 10.3. The highest BCUT2D eigenvalue weighted by Crippen LogP contribution is 2.49. The molecule has 1 saturated heterocycles. The van der Waals surface area contributed by atoms with Crippen LogP contribution in [0.15, 0.2) is 22.7 Å². The van der Waals surface area contributed by atoms with Gasteiger partial charge >= 0.3 is 0 Å². The van der Waals surface area contributed by atoms with Crippen molar-refractivity contribution in [2.75, 3.05) is 19.1 Å². The Morgan fingerprint density at radius 2 is 2.05 bits per heavy atom. The number of nitrogens with two attached hydrogens (primary N) is 1. The molecule has 6 nitrogen and oxygen atoms in total. The molecule has 2 N–H and O–H groups in total. The Labute approximate surface area is 109 Å². The SMILES string of the molecule is Cc1noc(C2(c3ccc4c(c3)OCO4)CO2)c1N. The van der Waals surface area contributed by atoms with Crippen LogP contribution in [0.5, 0.6) is 11.5 Å². The highest BCUT2D eigenvalue weighted by molar-refractivity contribution is 5.56. The van der Waals surface area contributed by atoms with Crippen LogP contribution in [-0.2, 0) is 10.3 Å². The maximum Gasteiger partial charge on any atom is 0.231 e. The van der Waals surface area contributed by atoms with E-state index >= 15 is 0 Å². The van der Waals surface area contributed by atoms with Gasteiger partial charge in [-0.25, -0.2) is 0 Å². The number of nitrogen functional groups attached to an aromatic ring is 1. The first-order chi connectivity index (χ1) is 9.21. The van der Waals surface area contributed by atoms with Gasteiger partial charge in [-0.05, 0) is 24.6 Å². The van der Waals surface area contributed by atoms with Crippen molar-refractivity contribution in [2.24, 2.45) is 0 Å². The van der Waals surface area contributed by atoms with E-state index in [0.717, 1.165) is 11.3 Å². The number of epoxide rings is 1. The zero-order chi connectivity index (χ0) is 13.0. The Morgan fingerprint density at radius 1 is 1.26 bits per heavy atom. The Kier molecular flexibility index (Phi) is 1.92. The molecule has 6 heteroatoms. The minimum atomic E-state index is -0.633. The highest BCUT2D eigenvalue weighted by Gasteiger charge is 2.53. The summed E-state index contributed by atoms with van der Waals surface area (Å²) in [4.78, 5) is 0. The lowest BCUT2D eigenvalue weighted by Gasteiger charge is -2.10. The van der Waals surface area contributed by atoms with Crippen molar-refractivity contribution in [1.82, 2.24) is 5.16 Å². The number of hydrogen-bond donors (Lipinski definition) is 1. The van der Waals surface area contributed by atoms with E-state index in [1.165, 1.54) is 0 Å². The summed E-state index contributed by atoms with van der Waals surface area (Å²) >= 11 is 0. The molecule has 0 saturated carbocycles. The zero-order valence-electron chi connectivity index (χ0n) is 10.3. The van der Waals surface area contributed by atoms with Gasteiger partial charge in [0.25, 0.3) is 0 Å². The Balaban J connectivity index is 1.81. The summed E-state index contributed by atoms with van der Waals surface area (Å²) in [5, 5.41) is 3.88. The van der Waals surface area contributed by atoms with E-state index in [-0.39, 0.29) is 6.79 Å². The van der Waals surface area contributed by atoms with Crippen LogP contribution in [0.4, 0.5) is 5.69 Å². The summed E-state index contributed by atoms with van der Waals surface area (Å²) in [6.45, 7) is 2.57. The third-order valence-corrected chi connectivity index (χ3v) is 3.55. The minimum Gasteiger partial charge on any atom is -0.454 e. The molecule has 0 aliphatic carbocycles. The standard InChI is InChI=1S/C13H12N2O4/c1-7-11(14)12(19-15-7)13(5-18-13)8-2-3-9-10(4-8)17-6-16-9/h2-4H,5-6,14H2,1H3. The molecule has 1 aromatic carbocycles. The third kappa shape index (κ3) is 1.37. The Hall–Kier alpha value is -2.21. The number of fused-ring (bicyclic) bond motifs is 1. The smallest absolute Gasteiger partial charge is 0.231 e. The molecule has 0 bridgehead atoms. The maximum atomic E-state index is 5.99. The van der Waals surface area contributed by atoms with Gasteiger partial charge in [0.2, 0.25) is 6.79 Å². The van der Waals surface area contributed by atoms with Gasteiger partial charge in [0, 0.05) is 0 Å². The molecule has 0 radical (unpaired) electrons. The monoisotopic (exact) mass is 260 g/mol. The van der Waals surface area contributed by atoms with Crippen molar-refractivity contribution in [1.29, 1.82) is 0 Å². The van der Waals surface area contributed by atoms with Gasteiger partial charge in [0.05, 0.1) is 6.61 Å². The number of aryl methyl sites for hydroxylation is 1. The number of ether oxygens (including phenoxy) is 3. The second-order valence-corrected chi connectivity index (χ2v) is 4.69. The van der Waals surface area contributed by atoms with Crippen molar-refractivity contribution in [3.8, 4) is 11.5 Å². The topological polar surface area (TPSA) is 83.0 Å². The number of anilines is 1. The van der Waals surface area contributed by atoms with Crippen LogP contribution in [-0.4, -0.2) is 18.6 Å². The first-order valence-corrected chi connectivity index (χ1v) is 5.97. The summed E-state index contributed by atoms with van der Waals surface area (Å²) in [5.74, 6) is 2.01. The van der Waals surface area contributed by atoms with Crippen molar-refractivity contribution < 1.29 is 18.7 Å². The fourth-order valence-electron chi connectivity index (χ4n) is 2.32. The fourth-order valence-corrected chi connectivity index (χ4v) is 2.32. The Morgan fingerprint density at radius 3 is 2.74 bits per heavy atom. The van der Waals surface area contributed by atoms with E-state index in [0.29, 0.717) is 29.5 Å². The summed E-state index contributed by atoms with van der Waals surface area (Å²) in [5.41, 5.74) is 7.49. The molecule has 19 heavy (non-hydrogen) atoms. The van der Waals surface area contributed by atoms with Gasteiger partial charge in [-0.15, -0.1) is 0 Å². The summed E-state index contributed by atoms with van der Waals surface area (Å²) < 4.78 is 21.6. The number of hydrogen-bond acceptors (Lipinski definition) is 6. The molecule has 3 heterocycles. The van der Waals surface area contributed by atoms with Crippen molar-refractivity contribution in [3.63, 3.8) is 0 Å². The second-order valence-electron chi connectivity index (χ2n) is 4.69. The Bertz CT molecular complexity index is 661. The predicted octanol–water partition coefficient (Wildman–Crippen LogP) is 1.57. The lowest BCUT2D eigenvalue weighted by Crippen LogP contribution is -2.12. The largest absolute Gasteiger partial charge is 0.454 e. The van der Waals surface area contributed by atoms with Gasteiger partial charge in [-0.3, -0.25) is 0 Å². The van der Waals surface area contributed by atoms with Crippen LogP contribution >= 0.6 is 0 Å². The minimum absolute atomic E-state index is 0.246. The number of benzene rings is 1. The lowest BCUT2D eigenvalue weighted by atomic mass is 9.95. The van der Waals surface area contributed by atoms with E-state index in [2.05, 4.69) is 5.16 Å². The average molecular weight is 260 g/mol. The predicted molar refractivity (Wildman–Crippen MR) is 64.9 cm³/mol. The van der Waals surface area contributed by atoms with Gasteiger partial charge in [0.15, 0.2) is 22.9 Å². The van der Waals surface area contributed by atoms with Crippen molar-refractivity contribution in [3.05, 3.63) is 35.2 Å². The van der Waals surface area contributed by atoms with Crippen LogP contribution in [0, 0.1) is 6.92 Å². The second kappa shape index (κ2) is 3.42. The van der Waals surface area contributed by atoms with E-state index < -0.39 is 5.60 Å². The molecule has 2 aliphatic heterocycles. The first kappa shape index (κ1) is 10.7. The number of nitrogens with zero attached hydrogens (tertiary/aromatic N) is 1. The average Bonchev–Trinajstić information content (AvgIpc) is 2.96. The molecule has 0 amide bonds. The van der Waals surface area contributed by atoms with Crippen LogP contribution < -0.4 is 15.2 Å². The van der Waals surface area contributed by atoms with Gasteiger partial charge in [-0.1, -0.05) is 11.2 Å². The number of aromatic nitrogens is 1. The lowest BCUT2D eigenvalue weighted by molar-refractivity contribution is 0.174. The van der Waals surface area contributed by atoms with Gasteiger partial charge < -0.3 is 24.5 Å². The third-order valence-electron chi connectivity index (χ3n) is 3.55. The normalized spacial score (nSPS) is 23.6. The van der Waals surface area contributed by atoms with Crippen molar-refractivity contribution in [2.45, 2.75) is 12.5 Å². The molecule has 2 aromatic rings. The fraction of sp³-hybridized carbons (Fsp3) is 0.308. The van der Waals surface area contributed by atoms with Crippen LogP contribution in [0.1, 0.15) is 17.0 Å². The molecule has 2 aliphatic rings. The number of rotatable bonds is 2. The van der Waals surface area contributed by atoms with Crippen LogP contribution in [0.2, 0.25) is 0 Å². The van der Waals surface area contributed by atoms with Gasteiger partial charge in [0.1, 0.15) is 11.4 Å². The molecule has 4 rings (SSSR count). The maximum absolute atomic E-state index is 5.99. The molecule has 1 atom stereocenters. The summed E-state index contributed by atoms with van der Waals surface area (Å²) in [7, 11) is 0. The molecule has 1 aromatic heterocycles. The van der Waals surface area contributed by atoms with E-state index in [4.69, 9.17) is 24.5 Å². The summed E-state index contributed by atoms with van der Waals surface area (Å²) in [6, 6.07) is 5.69. The molecule has 98 valence electrons. The van der Waals surface area contributed by atoms with Crippen molar-refractivity contribution >= 4 is 5.69 Å².